The molecule has 2 nitrogen and oxygen atoms in total. The summed E-state index contributed by atoms with van der Waals surface area (Å²) < 4.78 is 3.19. The van der Waals surface area contributed by atoms with Gasteiger partial charge in [0, 0.05) is 29.5 Å². The van der Waals surface area contributed by atoms with Gasteiger partial charge in [0.1, 0.15) is 0 Å². The van der Waals surface area contributed by atoms with Crippen LogP contribution < -0.4 is 0 Å². The van der Waals surface area contributed by atoms with Crippen LogP contribution in [0.25, 0.3) is 0 Å². The summed E-state index contributed by atoms with van der Waals surface area (Å²) in [6.45, 7) is 2.02. The molecule has 0 aliphatic heterocycles. The summed E-state index contributed by atoms with van der Waals surface area (Å²) in [4.78, 5) is 3.88. The first-order chi connectivity index (χ1) is 4.81. The molecule has 1 aromatic heterocycles. The Morgan fingerprint density at radius 3 is 2.18 bits per heavy atom. The molecule has 0 spiro atoms. The average molecular weight is 259 g/mol. The second-order valence-electron chi connectivity index (χ2n) is 1.59. The van der Waals surface area contributed by atoms with Crippen molar-refractivity contribution in [2.24, 2.45) is 0 Å². The van der Waals surface area contributed by atoms with Gasteiger partial charge in [0.05, 0.1) is 23.7 Å². The normalized spacial score (nSPS) is 7.18. The van der Waals surface area contributed by atoms with Crippen molar-refractivity contribution >= 4 is 40.8 Å². The molecule has 1 rings (SSSR count). The molecule has 0 saturated heterocycles. The smallest absolute Gasteiger partial charge is 0.0832 e. The fourth-order valence-electron chi connectivity index (χ4n) is 0.448. The van der Waals surface area contributed by atoms with Crippen LogP contribution in [0.15, 0.2) is 24.5 Å². The van der Waals surface area contributed by atoms with Gasteiger partial charge in [-0.3, -0.25) is 4.98 Å². The van der Waals surface area contributed by atoms with Crippen LogP contribution in [-0.4, -0.2) is 22.1 Å². The van der Waals surface area contributed by atoms with E-state index in [4.69, 9.17) is 0 Å². The Kier molecular flexibility index (Phi) is 12.8. The first kappa shape index (κ1) is 13.8. The fraction of sp³-hybridized carbons (Fsp3) is 0.167. The molecule has 0 aliphatic carbocycles. The van der Waals surface area contributed by atoms with Crippen molar-refractivity contribution in [3.8, 4) is 0 Å². The molecule has 0 unspecified atom stereocenters. The number of aromatic nitrogens is 1. The van der Waals surface area contributed by atoms with Crippen LogP contribution in [0.1, 0.15) is 5.56 Å². The van der Waals surface area contributed by atoms with E-state index >= 15 is 0 Å². The van der Waals surface area contributed by atoms with Crippen molar-refractivity contribution in [3.63, 3.8) is 0 Å². The third-order valence-electron chi connectivity index (χ3n) is 0.809. The van der Waals surface area contributed by atoms with Crippen LogP contribution in [-0.2, 0) is 3.84 Å². The molecular formula is C6H7Cl2NOSe. The Morgan fingerprint density at radius 1 is 1.45 bits per heavy atom. The summed E-state index contributed by atoms with van der Waals surface area (Å²) in [6.07, 6.45) is 3.60. The predicted octanol–water partition coefficient (Wildman–Crippen LogP) is 2.32. The van der Waals surface area contributed by atoms with Crippen LogP contribution in [0.2, 0.25) is 0 Å². The van der Waals surface area contributed by atoms with Crippen molar-refractivity contribution in [2.75, 3.05) is 0 Å². The van der Waals surface area contributed by atoms with Crippen LogP contribution in [0.3, 0.4) is 0 Å². The van der Waals surface area contributed by atoms with Crippen LogP contribution >= 0.6 is 23.7 Å². The summed E-state index contributed by atoms with van der Waals surface area (Å²) in [5.41, 5.74) is 1.21. The fourth-order valence-corrected chi connectivity index (χ4v) is 0.448. The number of hydrogen-bond donors (Lipinski definition) is 0. The van der Waals surface area contributed by atoms with Crippen molar-refractivity contribution in [1.29, 1.82) is 0 Å². The standard InChI is InChI=1S/C6H7N.Cl2O.Se/c1-6-3-2-4-7-5-6;1-3-2;/h2-5H,1H3;;. The second kappa shape index (κ2) is 10.2. The molecule has 0 N–H and O–H groups in total. The Hall–Kier alpha value is 0.209. The maximum Gasteiger partial charge on any atom is 0.0832 e. The average Bonchev–Trinajstić information content (AvgIpc) is 1.91. The van der Waals surface area contributed by atoms with E-state index < -0.39 is 0 Å². The molecule has 62 valence electrons. The summed E-state index contributed by atoms with van der Waals surface area (Å²) in [5.74, 6) is 0. The summed E-state index contributed by atoms with van der Waals surface area (Å²) in [6, 6.07) is 3.95. The largest absolute Gasteiger partial charge is 0.264 e. The molecule has 0 aromatic carbocycles. The molecular weight excluding hydrogens is 252 g/mol. The maximum absolute atomic E-state index is 4.26. The molecule has 1 heterocycles. The van der Waals surface area contributed by atoms with Gasteiger partial charge in [0.15, 0.2) is 0 Å². The zero-order chi connectivity index (χ0) is 7.82. The van der Waals surface area contributed by atoms with Crippen LogP contribution in [0, 0.1) is 6.92 Å². The number of halogens is 2. The summed E-state index contributed by atoms with van der Waals surface area (Å²) in [5, 5.41) is 0. The van der Waals surface area contributed by atoms with Crippen LogP contribution in [0.4, 0.5) is 0 Å². The van der Waals surface area contributed by atoms with Crippen LogP contribution in [0.5, 0.6) is 0 Å². The van der Waals surface area contributed by atoms with Gasteiger partial charge in [0.2, 0.25) is 0 Å². The minimum Gasteiger partial charge on any atom is -0.264 e. The molecule has 2 radical (unpaired) electrons. The van der Waals surface area contributed by atoms with E-state index in [0.29, 0.717) is 0 Å². The van der Waals surface area contributed by atoms with E-state index in [1.807, 2.05) is 25.3 Å². The van der Waals surface area contributed by atoms with Gasteiger partial charge in [-0.25, -0.2) is 0 Å². The molecule has 0 amide bonds. The van der Waals surface area contributed by atoms with E-state index in [1.54, 1.807) is 6.20 Å². The topological polar surface area (TPSA) is 22.1 Å². The van der Waals surface area contributed by atoms with Gasteiger partial charge in [-0.15, -0.1) is 0 Å². The van der Waals surface area contributed by atoms with Gasteiger partial charge in [0.25, 0.3) is 0 Å². The van der Waals surface area contributed by atoms with Crippen molar-refractivity contribution in [3.05, 3.63) is 30.1 Å². The van der Waals surface area contributed by atoms with E-state index in [-0.39, 0.29) is 17.1 Å². The zero-order valence-corrected chi connectivity index (χ0v) is 9.05. The third kappa shape index (κ3) is 10.2. The molecule has 0 atom stereocenters. The monoisotopic (exact) mass is 259 g/mol. The van der Waals surface area contributed by atoms with E-state index in [1.165, 1.54) is 5.56 Å². The number of hydrogen-bond acceptors (Lipinski definition) is 2. The number of pyridine rings is 1. The molecule has 11 heavy (non-hydrogen) atoms. The van der Waals surface area contributed by atoms with Crippen molar-refractivity contribution in [1.82, 2.24) is 4.98 Å². The number of rotatable bonds is 0. The Bertz CT molecular complexity index is 162. The van der Waals surface area contributed by atoms with E-state index in [9.17, 15) is 0 Å². The van der Waals surface area contributed by atoms with Crippen molar-refractivity contribution < 1.29 is 3.84 Å². The maximum atomic E-state index is 4.26. The number of nitrogens with zero attached hydrogens (tertiary/aromatic N) is 1. The third-order valence-corrected chi connectivity index (χ3v) is 0.809. The molecule has 0 bridgehead atoms. The SMILES string of the molecule is Cc1cccnc1.ClOCl.[Se]. The first-order valence-corrected chi connectivity index (χ1v) is 3.19. The van der Waals surface area contributed by atoms with Gasteiger partial charge in [-0.2, -0.15) is 3.84 Å². The van der Waals surface area contributed by atoms with E-state index in [2.05, 4.69) is 32.6 Å². The zero-order valence-electron chi connectivity index (χ0n) is 5.83. The Balaban J connectivity index is 0. The second-order valence-corrected chi connectivity index (χ2v) is 2.06. The minimum absolute atomic E-state index is 0. The quantitative estimate of drug-likeness (QED) is 0.667. The molecule has 0 saturated carbocycles. The van der Waals surface area contributed by atoms with Gasteiger partial charge < -0.3 is 0 Å². The van der Waals surface area contributed by atoms with Gasteiger partial charge in [-0.1, -0.05) is 6.07 Å². The Labute approximate surface area is 86.7 Å². The molecule has 0 aliphatic rings. The van der Waals surface area contributed by atoms with E-state index in [0.717, 1.165) is 0 Å². The van der Waals surface area contributed by atoms with Gasteiger partial charge >= 0.3 is 0 Å². The summed E-state index contributed by atoms with van der Waals surface area (Å²) >= 11 is 8.53. The number of aryl methyl sites for hydroxylation is 1. The van der Waals surface area contributed by atoms with Crippen molar-refractivity contribution in [2.45, 2.75) is 6.92 Å². The minimum atomic E-state index is 0. The molecule has 0 fully saturated rings. The first-order valence-electron chi connectivity index (χ1n) is 2.57. The predicted molar refractivity (Wildman–Crippen MR) is 47.5 cm³/mol. The summed E-state index contributed by atoms with van der Waals surface area (Å²) in [7, 11) is 0. The Morgan fingerprint density at radius 2 is 2.00 bits per heavy atom. The molecule has 5 heteroatoms. The molecule has 1 aromatic rings. The van der Waals surface area contributed by atoms with Gasteiger partial charge in [-0.05, 0) is 18.6 Å².